The molecule has 0 saturated carbocycles. The minimum atomic E-state index is -3.05. The fraction of sp³-hybridized carbons (Fsp3) is 1.00. The first-order valence-electron chi connectivity index (χ1n) is 4.27. The van der Waals surface area contributed by atoms with E-state index in [1.54, 1.807) is 0 Å². The van der Waals surface area contributed by atoms with E-state index in [9.17, 15) is 12.8 Å². The van der Waals surface area contributed by atoms with E-state index in [1.807, 2.05) is 4.90 Å². The third-order valence-corrected chi connectivity index (χ3v) is 3.50. The van der Waals surface area contributed by atoms with Crippen molar-refractivity contribution in [2.45, 2.75) is 0 Å². The van der Waals surface area contributed by atoms with Gasteiger partial charge in [-0.15, -0.1) is 0 Å². The molecule has 0 aliphatic carbocycles. The van der Waals surface area contributed by atoms with Crippen LogP contribution in [-0.4, -0.2) is 63.3 Å². The van der Waals surface area contributed by atoms with Crippen LogP contribution in [0.4, 0.5) is 4.39 Å². The molecule has 0 bridgehead atoms. The summed E-state index contributed by atoms with van der Waals surface area (Å²) in [7, 11) is -3.05. The summed E-state index contributed by atoms with van der Waals surface area (Å²) >= 11 is 0. The van der Waals surface area contributed by atoms with Crippen LogP contribution in [0.2, 0.25) is 0 Å². The van der Waals surface area contributed by atoms with Gasteiger partial charge in [0, 0.05) is 32.7 Å². The highest BCUT2D eigenvalue weighted by Crippen LogP contribution is 2.05. The maximum absolute atomic E-state index is 11.9. The largest absolute Gasteiger partial charge is 0.298 e. The Hall–Kier alpha value is -0.200. The van der Waals surface area contributed by atoms with Crippen molar-refractivity contribution in [3.8, 4) is 0 Å². The highest BCUT2D eigenvalue weighted by atomic mass is 32.2. The molecule has 6 heteroatoms. The van der Waals surface area contributed by atoms with Gasteiger partial charge in [-0.05, 0) is 0 Å². The number of alkyl halides is 1. The second-order valence-electron chi connectivity index (χ2n) is 3.19. The molecule has 1 aliphatic heterocycles. The van der Waals surface area contributed by atoms with Crippen molar-refractivity contribution >= 4 is 10.0 Å². The summed E-state index contributed by atoms with van der Waals surface area (Å²) in [5, 5.41) is 0. The lowest BCUT2D eigenvalue weighted by Gasteiger charge is -2.32. The highest BCUT2D eigenvalue weighted by molar-refractivity contribution is 7.88. The zero-order valence-electron chi connectivity index (χ0n) is 7.74. The number of hydrogen-bond acceptors (Lipinski definition) is 3. The van der Waals surface area contributed by atoms with Gasteiger partial charge in [0.2, 0.25) is 10.0 Å². The van der Waals surface area contributed by atoms with Gasteiger partial charge in [-0.3, -0.25) is 4.90 Å². The Bertz CT molecular complexity index is 247. The molecule has 0 N–H and O–H groups in total. The zero-order chi connectivity index (χ0) is 9.90. The van der Waals surface area contributed by atoms with Crippen molar-refractivity contribution < 1.29 is 12.8 Å². The lowest BCUT2D eigenvalue weighted by Crippen LogP contribution is -2.48. The molecule has 0 radical (unpaired) electrons. The number of piperazine rings is 1. The van der Waals surface area contributed by atoms with Gasteiger partial charge in [0.05, 0.1) is 6.26 Å². The van der Waals surface area contributed by atoms with Crippen molar-refractivity contribution in [1.29, 1.82) is 0 Å². The third-order valence-electron chi connectivity index (χ3n) is 2.20. The zero-order valence-corrected chi connectivity index (χ0v) is 8.56. The topological polar surface area (TPSA) is 40.6 Å². The van der Waals surface area contributed by atoms with E-state index in [4.69, 9.17) is 0 Å². The average Bonchev–Trinajstić information content (AvgIpc) is 2.04. The molecule has 0 aromatic rings. The number of halogens is 1. The number of rotatable bonds is 3. The van der Waals surface area contributed by atoms with Gasteiger partial charge in [0.25, 0.3) is 0 Å². The molecule has 0 atom stereocenters. The van der Waals surface area contributed by atoms with Crippen LogP contribution in [0.25, 0.3) is 0 Å². The van der Waals surface area contributed by atoms with Gasteiger partial charge in [-0.2, -0.15) is 4.31 Å². The van der Waals surface area contributed by atoms with E-state index >= 15 is 0 Å². The Morgan fingerprint density at radius 2 is 1.77 bits per heavy atom. The average molecular weight is 210 g/mol. The van der Waals surface area contributed by atoms with Crippen molar-refractivity contribution in [2.24, 2.45) is 0 Å². The van der Waals surface area contributed by atoms with Crippen LogP contribution in [-0.2, 0) is 10.0 Å². The molecule has 0 aromatic heterocycles. The number of hydrogen-bond donors (Lipinski definition) is 0. The molecule has 1 aliphatic rings. The van der Waals surface area contributed by atoms with Gasteiger partial charge in [0.15, 0.2) is 0 Å². The number of nitrogens with zero attached hydrogens (tertiary/aromatic N) is 2. The van der Waals surface area contributed by atoms with Gasteiger partial charge in [-0.25, -0.2) is 12.8 Å². The maximum Gasteiger partial charge on any atom is 0.211 e. The molecular weight excluding hydrogens is 195 g/mol. The lowest BCUT2D eigenvalue weighted by atomic mass is 10.4. The van der Waals surface area contributed by atoms with E-state index in [-0.39, 0.29) is 6.67 Å². The Labute approximate surface area is 78.4 Å². The minimum Gasteiger partial charge on any atom is -0.298 e. The van der Waals surface area contributed by atoms with Crippen LogP contribution in [0.1, 0.15) is 0 Å². The molecule has 0 unspecified atom stereocenters. The van der Waals surface area contributed by atoms with Gasteiger partial charge >= 0.3 is 0 Å². The lowest BCUT2D eigenvalue weighted by molar-refractivity contribution is 0.177. The maximum atomic E-state index is 11.9. The Morgan fingerprint density at radius 3 is 2.15 bits per heavy atom. The second-order valence-corrected chi connectivity index (χ2v) is 5.18. The SMILES string of the molecule is CS(=O)(=O)N1CCN(CCF)CC1. The van der Waals surface area contributed by atoms with E-state index in [0.717, 1.165) is 0 Å². The summed E-state index contributed by atoms with van der Waals surface area (Å²) in [6.45, 7) is 2.29. The molecule has 0 aromatic carbocycles. The molecule has 78 valence electrons. The van der Waals surface area contributed by atoms with Crippen LogP contribution < -0.4 is 0 Å². The van der Waals surface area contributed by atoms with Gasteiger partial charge in [0.1, 0.15) is 6.67 Å². The predicted octanol–water partition coefficient (Wildman–Crippen LogP) is -0.467. The van der Waals surface area contributed by atoms with E-state index in [2.05, 4.69) is 0 Å². The van der Waals surface area contributed by atoms with E-state index < -0.39 is 10.0 Å². The molecule has 1 heterocycles. The first kappa shape index (κ1) is 10.9. The summed E-state index contributed by atoms with van der Waals surface area (Å²) in [5.41, 5.74) is 0. The Morgan fingerprint density at radius 1 is 1.23 bits per heavy atom. The smallest absolute Gasteiger partial charge is 0.211 e. The molecule has 1 fully saturated rings. The summed E-state index contributed by atoms with van der Waals surface area (Å²) in [5.74, 6) is 0. The minimum absolute atomic E-state index is 0.362. The molecular formula is C7H15FN2O2S. The van der Waals surface area contributed by atoms with Crippen LogP contribution in [0.15, 0.2) is 0 Å². The second kappa shape index (κ2) is 4.34. The molecule has 4 nitrogen and oxygen atoms in total. The van der Waals surface area contributed by atoms with Gasteiger partial charge in [-0.1, -0.05) is 0 Å². The van der Waals surface area contributed by atoms with Crippen molar-refractivity contribution in [1.82, 2.24) is 9.21 Å². The molecule has 1 saturated heterocycles. The molecule has 13 heavy (non-hydrogen) atoms. The van der Waals surface area contributed by atoms with Crippen molar-refractivity contribution in [3.63, 3.8) is 0 Å². The quantitative estimate of drug-likeness (QED) is 0.632. The summed E-state index contributed by atoms with van der Waals surface area (Å²) < 4.78 is 35.5. The van der Waals surface area contributed by atoms with Gasteiger partial charge < -0.3 is 0 Å². The fourth-order valence-corrected chi connectivity index (χ4v) is 2.23. The van der Waals surface area contributed by atoms with Crippen LogP contribution in [0.3, 0.4) is 0 Å². The Kier molecular flexibility index (Phi) is 3.63. The number of sulfonamides is 1. The molecule has 1 rings (SSSR count). The monoisotopic (exact) mass is 210 g/mol. The molecule has 0 amide bonds. The summed E-state index contributed by atoms with van der Waals surface area (Å²) in [4.78, 5) is 1.93. The predicted molar refractivity (Wildman–Crippen MR) is 48.8 cm³/mol. The first-order chi connectivity index (χ1) is 6.04. The summed E-state index contributed by atoms with van der Waals surface area (Å²) in [6.07, 6.45) is 1.21. The fourth-order valence-electron chi connectivity index (χ4n) is 1.40. The highest BCUT2D eigenvalue weighted by Gasteiger charge is 2.22. The van der Waals surface area contributed by atoms with Crippen LogP contribution in [0, 0.1) is 0 Å². The first-order valence-corrected chi connectivity index (χ1v) is 6.12. The van der Waals surface area contributed by atoms with Crippen LogP contribution >= 0.6 is 0 Å². The summed E-state index contributed by atoms with van der Waals surface area (Å²) in [6, 6.07) is 0. The van der Waals surface area contributed by atoms with E-state index in [0.29, 0.717) is 32.7 Å². The van der Waals surface area contributed by atoms with Crippen LogP contribution in [0.5, 0.6) is 0 Å². The van der Waals surface area contributed by atoms with E-state index in [1.165, 1.54) is 10.6 Å². The molecule has 0 spiro atoms. The normalized spacial score (nSPS) is 22.0. The third kappa shape index (κ3) is 3.21. The van der Waals surface area contributed by atoms with Crippen molar-refractivity contribution in [2.75, 3.05) is 45.7 Å². The Balaban J connectivity index is 2.39. The van der Waals surface area contributed by atoms with Crippen molar-refractivity contribution in [3.05, 3.63) is 0 Å². The standard InChI is InChI=1S/C7H15FN2O2S/c1-13(11,12)10-6-4-9(3-2-8)5-7-10/h2-7H2,1H3.